The Hall–Kier alpha value is -1.70. The molecule has 3 rings (SSSR count). The number of carbonyl (C=O) groups excluding carboxylic acids is 1. The molecule has 1 unspecified atom stereocenters. The van der Waals surface area contributed by atoms with Crippen molar-refractivity contribution in [3.8, 4) is 0 Å². The van der Waals surface area contributed by atoms with Gasteiger partial charge in [-0.05, 0) is 57.4 Å². The molecule has 0 bridgehead atoms. The van der Waals surface area contributed by atoms with E-state index in [2.05, 4.69) is 5.32 Å². The Morgan fingerprint density at radius 1 is 1.23 bits per heavy atom. The Kier molecular flexibility index (Phi) is 10.8. The van der Waals surface area contributed by atoms with E-state index in [1.807, 2.05) is 6.92 Å². The Morgan fingerprint density at radius 2 is 1.97 bits per heavy atom. The average Bonchev–Trinajstić information content (AvgIpc) is 2.87. The van der Waals surface area contributed by atoms with Crippen molar-refractivity contribution < 1.29 is 19.0 Å². The van der Waals surface area contributed by atoms with Gasteiger partial charge in [0.15, 0.2) is 0 Å². The highest BCUT2D eigenvalue weighted by Gasteiger charge is 2.42. The first-order chi connectivity index (χ1) is 16.8. The van der Waals surface area contributed by atoms with Gasteiger partial charge >= 0.3 is 6.03 Å². The number of halogens is 1. The van der Waals surface area contributed by atoms with E-state index in [-0.39, 0.29) is 24.0 Å². The Bertz CT molecular complexity index is 786. The van der Waals surface area contributed by atoms with Crippen molar-refractivity contribution in [1.29, 1.82) is 0 Å². The molecule has 1 aromatic rings. The second-order valence-electron chi connectivity index (χ2n) is 10.8. The molecule has 198 valence electrons. The first-order valence-corrected chi connectivity index (χ1v) is 13.6. The van der Waals surface area contributed by atoms with Crippen LogP contribution in [0.3, 0.4) is 0 Å². The van der Waals surface area contributed by atoms with Crippen LogP contribution in [0.1, 0.15) is 83.1 Å². The molecule has 1 aromatic carbocycles. The van der Waals surface area contributed by atoms with Crippen molar-refractivity contribution in [2.75, 3.05) is 26.8 Å². The molecule has 1 aliphatic carbocycles. The van der Waals surface area contributed by atoms with E-state index >= 15 is 0 Å². The first-order valence-electron chi connectivity index (χ1n) is 13.6. The molecule has 6 nitrogen and oxygen atoms in total. The molecule has 0 aromatic heterocycles. The third kappa shape index (κ3) is 7.64. The highest BCUT2D eigenvalue weighted by molar-refractivity contribution is 5.74. The highest BCUT2D eigenvalue weighted by Crippen LogP contribution is 2.40. The summed E-state index contributed by atoms with van der Waals surface area (Å²) in [6.45, 7) is 3.60. The second-order valence-corrected chi connectivity index (χ2v) is 10.8. The van der Waals surface area contributed by atoms with Crippen LogP contribution in [-0.4, -0.2) is 54.9 Å². The molecule has 1 saturated heterocycles. The third-order valence-electron chi connectivity index (χ3n) is 8.14. The van der Waals surface area contributed by atoms with Crippen LogP contribution in [-0.2, 0) is 10.3 Å². The van der Waals surface area contributed by atoms with Gasteiger partial charge in [0.1, 0.15) is 5.82 Å². The quantitative estimate of drug-likeness (QED) is 0.383. The standard InChI is InChI=1S/C28H46FN3O3/c1-21(30)26(19-22-11-4-3-5-12-22)31-27(33)32-17-10-13-23(20-32)28(34,16-8-9-18-35-2)24-14-6-7-15-25(24)29/h6-7,14-15,21-23,26,34H,3-5,8-13,16-20,30H2,1-2H3,(H,31,33)/t21-,23?,26-,28-/m0/s1. The summed E-state index contributed by atoms with van der Waals surface area (Å²) < 4.78 is 20.0. The number of ether oxygens (including phenoxy) is 1. The van der Waals surface area contributed by atoms with Gasteiger partial charge in [0.25, 0.3) is 0 Å². The van der Waals surface area contributed by atoms with E-state index in [0.29, 0.717) is 37.6 Å². The number of nitrogens with two attached hydrogens (primary N) is 1. The van der Waals surface area contributed by atoms with Gasteiger partial charge in [-0.2, -0.15) is 0 Å². The van der Waals surface area contributed by atoms with Crippen molar-refractivity contribution >= 4 is 6.03 Å². The number of piperidine rings is 1. The van der Waals surface area contributed by atoms with Gasteiger partial charge in [0, 0.05) is 50.4 Å². The zero-order chi connectivity index (χ0) is 25.3. The molecular formula is C28H46FN3O3. The van der Waals surface area contributed by atoms with Gasteiger partial charge < -0.3 is 25.8 Å². The number of methoxy groups -OCH3 is 1. The van der Waals surface area contributed by atoms with E-state index in [0.717, 1.165) is 32.1 Å². The van der Waals surface area contributed by atoms with E-state index in [1.54, 1.807) is 30.2 Å². The number of rotatable bonds is 11. The summed E-state index contributed by atoms with van der Waals surface area (Å²) in [6, 6.07) is 6.18. The molecule has 0 radical (unpaired) electrons. The summed E-state index contributed by atoms with van der Waals surface area (Å²) in [4.78, 5) is 15.1. The van der Waals surface area contributed by atoms with Gasteiger partial charge in [0.05, 0.1) is 5.60 Å². The van der Waals surface area contributed by atoms with Crippen LogP contribution in [0.15, 0.2) is 24.3 Å². The summed E-state index contributed by atoms with van der Waals surface area (Å²) in [7, 11) is 1.66. The fourth-order valence-electron chi connectivity index (χ4n) is 6.00. The van der Waals surface area contributed by atoms with Gasteiger partial charge in [-0.1, -0.05) is 50.3 Å². The largest absolute Gasteiger partial charge is 0.385 e. The van der Waals surface area contributed by atoms with Crippen LogP contribution in [0.5, 0.6) is 0 Å². The molecule has 1 heterocycles. The van der Waals surface area contributed by atoms with Crippen molar-refractivity contribution in [2.45, 2.75) is 95.2 Å². The number of amides is 2. The van der Waals surface area contributed by atoms with E-state index in [9.17, 15) is 14.3 Å². The van der Waals surface area contributed by atoms with Crippen LogP contribution in [0.2, 0.25) is 0 Å². The fourth-order valence-corrected chi connectivity index (χ4v) is 6.00. The molecule has 1 aliphatic heterocycles. The predicted molar refractivity (Wildman–Crippen MR) is 137 cm³/mol. The van der Waals surface area contributed by atoms with Crippen molar-refractivity contribution in [1.82, 2.24) is 10.2 Å². The summed E-state index contributed by atoms with van der Waals surface area (Å²) in [6.07, 6.45) is 10.6. The second kappa shape index (κ2) is 13.6. The van der Waals surface area contributed by atoms with E-state index in [1.165, 1.54) is 38.2 Å². The molecule has 35 heavy (non-hydrogen) atoms. The summed E-state index contributed by atoms with van der Waals surface area (Å²) in [5.41, 5.74) is 5.27. The van der Waals surface area contributed by atoms with Crippen molar-refractivity contribution in [3.63, 3.8) is 0 Å². The minimum atomic E-state index is -1.33. The zero-order valence-corrected chi connectivity index (χ0v) is 21.7. The maximum Gasteiger partial charge on any atom is 0.317 e. The lowest BCUT2D eigenvalue weighted by Crippen LogP contribution is -2.55. The third-order valence-corrected chi connectivity index (χ3v) is 8.14. The maximum atomic E-state index is 14.9. The number of urea groups is 1. The number of likely N-dealkylation sites (tertiary alicyclic amines) is 1. The SMILES string of the molecule is COCCCC[C@@](O)(c1ccccc1F)C1CCCN(C(=O)N[C@@H](CC2CCCCC2)[C@H](C)N)C1. The van der Waals surface area contributed by atoms with Gasteiger partial charge in [-0.25, -0.2) is 9.18 Å². The lowest BCUT2D eigenvalue weighted by Gasteiger charge is -2.43. The summed E-state index contributed by atoms with van der Waals surface area (Å²) in [5.74, 6) is -0.0197. The van der Waals surface area contributed by atoms with Crippen LogP contribution >= 0.6 is 0 Å². The molecular weight excluding hydrogens is 445 g/mol. The lowest BCUT2D eigenvalue weighted by atomic mass is 9.74. The lowest BCUT2D eigenvalue weighted by molar-refractivity contribution is -0.0588. The smallest absolute Gasteiger partial charge is 0.317 e. The molecule has 7 heteroatoms. The van der Waals surface area contributed by atoms with Crippen LogP contribution in [0.4, 0.5) is 9.18 Å². The fraction of sp³-hybridized carbons (Fsp3) is 0.750. The monoisotopic (exact) mass is 491 g/mol. The number of nitrogens with one attached hydrogen (secondary N) is 1. The maximum absolute atomic E-state index is 14.9. The summed E-state index contributed by atoms with van der Waals surface area (Å²) in [5, 5.41) is 15.1. The van der Waals surface area contributed by atoms with Crippen LogP contribution < -0.4 is 11.1 Å². The number of aliphatic hydroxyl groups is 1. The van der Waals surface area contributed by atoms with Crippen molar-refractivity contribution in [3.05, 3.63) is 35.6 Å². The highest BCUT2D eigenvalue weighted by atomic mass is 19.1. The molecule has 1 saturated carbocycles. The Labute approximate surface area is 210 Å². The van der Waals surface area contributed by atoms with E-state index < -0.39 is 11.4 Å². The number of carbonyl (C=O) groups is 1. The van der Waals surface area contributed by atoms with Gasteiger partial charge in [-0.3, -0.25) is 0 Å². The first kappa shape index (κ1) is 27.9. The van der Waals surface area contributed by atoms with Gasteiger partial charge in [0.2, 0.25) is 0 Å². The molecule has 4 atom stereocenters. The topological polar surface area (TPSA) is 87.8 Å². The molecule has 2 amide bonds. The number of benzene rings is 1. The van der Waals surface area contributed by atoms with Crippen LogP contribution in [0, 0.1) is 17.7 Å². The Balaban J connectivity index is 1.70. The number of hydrogen-bond acceptors (Lipinski definition) is 4. The van der Waals surface area contributed by atoms with Crippen molar-refractivity contribution in [2.24, 2.45) is 17.6 Å². The molecule has 0 spiro atoms. The molecule has 2 fully saturated rings. The van der Waals surface area contributed by atoms with Crippen LogP contribution in [0.25, 0.3) is 0 Å². The minimum absolute atomic E-state index is 0.0644. The normalized spacial score (nSPS) is 22.9. The number of hydrogen-bond donors (Lipinski definition) is 3. The average molecular weight is 492 g/mol. The van der Waals surface area contributed by atoms with E-state index in [4.69, 9.17) is 10.5 Å². The Morgan fingerprint density at radius 3 is 2.66 bits per heavy atom. The number of nitrogens with zero attached hydrogens (tertiary/aromatic N) is 1. The predicted octanol–water partition coefficient (Wildman–Crippen LogP) is 4.94. The molecule has 4 N–H and O–H groups in total. The molecule has 2 aliphatic rings. The summed E-state index contributed by atoms with van der Waals surface area (Å²) >= 11 is 0. The zero-order valence-electron chi connectivity index (χ0n) is 21.7. The van der Waals surface area contributed by atoms with Gasteiger partial charge in [-0.15, -0.1) is 0 Å². The number of unbranched alkanes of at least 4 members (excludes halogenated alkanes) is 1. The minimum Gasteiger partial charge on any atom is -0.385 e.